The van der Waals surface area contributed by atoms with Crippen LogP contribution in [0.25, 0.3) is 28.3 Å². The molecule has 1 saturated heterocycles. The van der Waals surface area contributed by atoms with Crippen LogP contribution >= 0.6 is 0 Å². The van der Waals surface area contributed by atoms with Crippen molar-refractivity contribution in [3.05, 3.63) is 54.9 Å². The number of anilines is 2. The van der Waals surface area contributed by atoms with E-state index in [2.05, 4.69) is 41.6 Å². The molecule has 2 N–H and O–H groups in total. The van der Waals surface area contributed by atoms with Gasteiger partial charge in [-0.05, 0) is 30.3 Å². The van der Waals surface area contributed by atoms with Crippen LogP contribution in [0.15, 0.2) is 59.3 Å². The van der Waals surface area contributed by atoms with Crippen LogP contribution in [0.3, 0.4) is 0 Å². The Balaban J connectivity index is 1.17. The quantitative estimate of drug-likeness (QED) is 0.414. The maximum absolute atomic E-state index is 6.23. The lowest BCUT2D eigenvalue weighted by Gasteiger charge is -2.36. The van der Waals surface area contributed by atoms with E-state index in [1.54, 1.807) is 17.9 Å². The normalized spacial score (nSPS) is 14.9. The summed E-state index contributed by atoms with van der Waals surface area (Å²) in [5.41, 5.74) is 8.88. The van der Waals surface area contributed by atoms with Crippen LogP contribution in [0.2, 0.25) is 0 Å². The van der Waals surface area contributed by atoms with Gasteiger partial charge in [-0.15, -0.1) is 5.10 Å². The van der Waals surface area contributed by atoms with Crippen LogP contribution in [-0.4, -0.2) is 68.9 Å². The Labute approximate surface area is 196 Å². The van der Waals surface area contributed by atoms with Crippen LogP contribution in [0.5, 0.6) is 5.75 Å². The lowest BCUT2D eigenvalue weighted by molar-refractivity contribution is 0.248. The van der Waals surface area contributed by atoms with Crippen LogP contribution in [0.1, 0.15) is 0 Å². The highest BCUT2D eigenvalue weighted by molar-refractivity contribution is 5.91. The molecule has 0 saturated carbocycles. The number of nitrogens with two attached hydrogens (primary N) is 1. The molecule has 34 heavy (non-hydrogen) atoms. The van der Waals surface area contributed by atoms with Crippen LogP contribution in [0, 0.1) is 0 Å². The molecule has 6 rings (SSSR count). The summed E-state index contributed by atoms with van der Waals surface area (Å²) in [6.45, 7) is 5.67. The van der Waals surface area contributed by atoms with Gasteiger partial charge in [-0.3, -0.25) is 4.90 Å². The number of piperazine rings is 1. The minimum atomic E-state index is 0.304. The fraction of sp³-hybridized carbons (Fsp3) is 0.292. The third-order valence-corrected chi connectivity index (χ3v) is 6.42. The van der Waals surface area contributed by atoms with Gasteiger partial charge in [-0.25, -0.2) is 4.98 Å². The van der Waals surface area contributed by atoms with Crippen molar-refractivity contribution in [3.63, 3.8) is 0 Å². The average Bonchev–Trinajstić information content (AvgIpc) is 3.63. The predicted molar refractivity (Wildman–Crippen MR) is 130 cm³/mol. The molecule has 174 valence electrons. The highest BCUT2D eigenvalue weighted by atomic mass is 16.5. The lowest BCUT2D eigenvalue weighted by atomic mass is 10.2. The third-order valence-electron chi connectivity index (χ3n) is 6.42. The van der Waals surface area contributed by atoms with Crippen molar-refractivity contribution in [2.45, 2.75) is 6.54 Å². The van der Waals surface area contributed by atoms with Crippen molar-refractivity contribution < 1.29 is 9.15 Å². The number of rotatable bonds is 6. The van der Waals surface area contributed by atoms with Crippen molar-refractivity contribution in [3.8, 4) is 17.3 Å². The molecule has 10 heteroatoms. The van der Waals surface area contributed by atoms with Crippen molar-refractivity contribution >= 4 is 28.3 Å². The van der Waals surface area contributed by atoms with Gasteiger partial charge in [-0.1, -0.05) is 12.1 Å². The highest BCUT2D eigenvalue weighted by Gasteiger charge is 2.20. The monoisotopic (exact) mass is 458 g/mol. The molecule has 0 bridgehead atoms. The Bertz CT molecular complexity index is 1430. The second-order valence-corrected chi connectivity index (χ2v) is 8.37. The van der Waals surface area contributed by atoms with E-state index in [9.17, 15) is 0 Å². The van der Waals surface area contributed by atoms with Crippen LogP contribution < -0.4 is 15.4 Å². The first-order chi connectivity index (χ1) is 16.7. The van der Waals surface area contributed by atoms with Gasteiger partial charge in [0.1, 0.15) is 11.4 Å². The molecule has 0 spiro atoms. The fourth-order valence-corrected chi connectivity index (χ4v) is 4.61. The molecule has 0 atom stereocenters. The maximum atomic E-state index is 6.23. The Morgan fingerprint density at radius 3 is 2.62 bits per heavy atom. The minimum absolute atomic E-state index is 0.304. The topological polar surface area (TPSA) is 103 Å². The van der Waals surface area contributed by atoms with E-state index in [4.69, 9.17) is 14.9 Å². The molecule has 0 radical (unpaired) electrons. The largest absolute Gasteiger partial charge is 0.495 e. The molecule has 10 nitrogen and oxygen atoms in total. The van der Waals surface area contributed by atoms with E-state index < -0.39 is 0 Å². The number of aromatic nitrogens is 5. The number of ether oxygens (including phenoxy) is 1. The molecule has 1 aromatic carbocycles. The molecule has 1 aliphatic rings. The molecule has 0 aliphatic carbocycles. The summed E-state index contributed by atoms with van der Waals surface area (Å²) in [6.07, 6.45) is 3.65. The Hall–Kier alpha value is -4.05. The molecule has 5 heterocycles. The number of furan rings is 1. The first-order valence-electron chi connectivity index (χ1n) is 11.4. The summed E-state index contributed by atoms with van der Waals surface area (Å²) in [5.74, 6) is 2.32. The second kappa shape index (κ2) is 8.38. The standard InChI is InChI=1S/C24H26N8O2/c1-33-19-6-3-2-5-18(19)30-13-10-29(11-14-30)12-15-31-9-8-17-22(31)27-24(25)32-23(17)26-21(28-32)20-7-4-16-34-20/h2-9,16H,10-15H2,1H3,(H2,25,27). The van der Waals surface area contributed by atoms with Crippen LogP contribution in [0.4, 0.5) is 11.6 Å². The van der Waals surface area contributed by atoms with Crippen molar-refractivity contribution in [2.24, 2.45) is 0 Å². The number of nitrogens with zero attached hydrogens (tertiary/aromatic N) is 7. The second-order valence-electron chi connectivity index (χ2n) is 8.37. The van der Waals surface area contributed by atoms with E-state index in [0.717, 1.165) is 61.7 Å². The van der Waals surface area contributed by atoms with E-state index in [1.165, 1.54) is 0 Å². The first-order valence-corrected chi connectivity index (χ1v) is 11.4. The lowest BCUT2D eigenvalue weighted by Crippen LogP contribution is -2.47. The molecule has 4 aromatic heterocycles. The van der Waals surface area contributed by atoms with Gasteiger partial charge < -0.3 is 24.4 Å². The van der Waals surface area contributed by atoms with E-state index in [1.807, 2.05) is 36.5 Å². The predicted octanol–water partition coefficient (Wildman–Crippen LogP) is 2.75. The average molecular weight is 459 g/mol. The number of para-hydroxylation sites is 2. The minimum Gasteiger partial charge on any atom is -0.495 e. The van der Waals surface area contributed by atoms with Gasteiger partial charge in [0.05, 0.1) is 24.4 Å². The van der Waals surface area contributed by atoms with Gasteiger partial charge in [0, 0.05) is 45.5 Å². The highest BCUT2D eigenvalue weighted by Crippen LogP contribution is 2.28. The van der Waals surface area contributed by atoms with Gasteiger partial charge in [-0.2, -0.15) is 9.50 Å². The third kappa shape index (κ3) is 3.52. The summed E-state index contributed by atoms with van der Waals surface area (Å²) < 4.78 is 14.7. The number of hydrogen-bond donors (Lipinski definition) is 1. The maximum Gasteiger partial charge on any atom is 0.225 e. The summed E-state index contributed by atoms with van der Waals surface area (Å²) >= 11 is 0. The number of hydrogen-bond acceptors (Lipinski definition) is 8. The van der Waals surface area contributed by atoms with Crippen molar-refractivity contribution in [1.82, 2.24) is 29.0 Å². The fourth-order valence-electron chi connectivity index (χ4n) is 4.61. The molecule has 5 aromatic rings. The molecular weight excluding hydrogens is 432 g/mol. The molecule has 1 aliphatic heterocycles. The zero-order chi connectivity index (χ0) is 23.1. The zero-order valence-corrected chi connectivity index (χ0v) is 19.0. The van der Waals surface area contributed by atoms with Gasteiger partial charge >= 0.3 is 0 Å². The number of benzene rings is 1. The molecule has 0 amide bonds. The molecule has 0 unspecified atom stereocenters. The van der Waals surface area contributed by atoms with E-state index in [0.29, 0.717) is 23.2 Å². The van der Waals surface area contributed by atoms with Gasteiger partial charge in [0.15, 0.2) is 11.4 Å². The van der Waals surface area contributed by atoms with Gasteiger partial charge in [0.2, 0.25) is 11.8 Å². The number of methoxy groups -OCH3 is 1. The van der Waals surface area contributed by atoms with Gasteiger partial charge in [0.25, 0.3) is 0 Å². The number of fused-ring (bicyclic) bond motifs is 3. The first kappa shape index (κ1) is 20.5. The smallest absolute Gasteiger partial charge is 0.225 e. The SMILES string of the molecule is COc1ccccc1N1CCN(CCn2ccc3c2nc(N)n2nc(-c4ccco4)nc32)CC1. The Morgan fingerprint density at radius 2 is 1.82 bits per heavy atom. The van der Waals surface area contributed by atoms with E-state index in [-0.39, 0.29) is 0 Å². The number of nitrogen functional groups attached to an aromatic ring is 1. The zero-order valence-electron chi connectivity index (χ0n) is 19.0. The van der Waals surface area contributed by atoms with E-state index >= 15 is 0 Å². The summed E-state index contributed by atoms with van der Waals surface area (Å²) in [6, 6.07) is 13.9. The van der Waals surface area contributed by atoms with Crippen molar-refractivity contribution in [1.29, 1.82) is 0 Å². The van der Waals surface area contributed by atoms with Crippen LogP contribution in [-0.2, 0) is 6.54 Å². The molecule has 1 fully saturated rings. The Kier molecular flexibility index (Phi) is 5.06. The van der Waals surface area contributed by atoms with Crippen molar-refractivity contribution in [2.75, 3.05) is 50.5 Å². The molecular formula is C24H26N8O2. The summed E-state index contributed by atoms with van der Waals surface area (Å²) in [4.78, 5) is 14.1. The Morgan fingerprint density at radius 1 is 0.971 bits per heavy atom. The summed E-state index contributed by atoms with van der Waals surface area (Å²) in [5, 5.41) is 5.39. The summed E-state index contributed by atoms with van der Waals surface area (Å²) in [7, 11) is 1.72.